The summed E-state index contributed by atoms with van der Waals surface area (Å²) in [5, 5.41) is 2.95. The zero-order valence-electron chi connectivity index (χ0n) is 6.45. The molecule has 0 radical (unpaired) electrons. The van der Waals surface area contributed by atoms with Gasteiger partial charge in [0.05, 0.1) is 6.20 Å². The van der Waals surface area contributed by atoms with Gasteiger partial charge in [-0.2, -0.15) is 0 Å². The lowest BCUT2D eigenvalue weighted by atomic mass is 10.4. The molecule has 12 heavy (non-hydrogen) atoms. The van der Waals surface area contributed by atoms with Crippen LogP contribution in [0.3, 0.4) is 0 Å². The van der Waals surface area contributed by atoms with Crippen LogP contribution in [0.5, 0.6) is 0 Å². The van der Waals surface area contributed by atoms with E-state index in [1.807, 2.05) is 0 Å². The van der Waals surface area contributed by atoms with Gasteiger partial charge in [0.25, 0.3) is 0 Å². The number of aryl methyl sites for hydroxylation is 1. The van der Waals surface area contributed by atoms with Gasteiger partial charge in [0.1, 0.15) is 10.1 Å². The summed E-state index contributed by atoms with van der Waals surface area (Å²) < 4.78 is 27.1. The minimum atomic E-state index is -3.39. The molecule has 0 atom stereocenters. The molecule has 0 aliphatic rings. The highest BCUT2D eigenvalue weighted by Crippen LogP contribution is 2.17. The van der Waals surface area contributed by atoms with Crippen molar-refractivity contribution in [1.82, 2.24) is 5.16 Å². The molecule has 1 aromatic rings. The van der Waals surface area contributed by atoms with Gasteiger partial charge in [0, 0.05) is 6.42 Å². The molecule has 0 aliphatic carbocycles. The number of aromatic nitrogens is 1. The van der Waals surface area contributed by atoms with Crippen LogP contribution >= 0.6 is 11.6 Å². The first kappa shape index (κ1) is 9.54. The number of rotatable bonds is 3. The molecular weight excluding hydrogens is 202 g/mol. The topological polar surface area (TPSA) is 60.2 Å². The monoisotopic (exact) mass is 209 g/mol. The van der Waals surface area contributed by atoms with Crippen LogP contribution in [0.2, 0.25) is 0 Å². The molecule has 1 heterocycles. The standard InChI is InChI=1S/C6H8ClNO3S/c1-2-5-6(3-8-11-5)12(9,10)4-7/h3H,2,4H2,1H3. The van der Waals surface area contributed by atoms with Crippen molar-refractivity contribution in [2.75, 3.05) is 5.21 Å². The molecule has 0 amide bonds. The molecule has 0 saturated heterocycles. The Kier molecular flexibility index (Phi) is 2.74. The predicted molar refractivity (Wildman–Crippen MR) is 43.8 cm³/mol. The van der Waals surface area contributed by atoms with Crippen LogP contribution < -0.4 is 0 Å². The predicted octanol–water partition coefficient (Wildman–Crippen LogP) is 1.21. The number of halogens is 1. The molecule has 0 fully saturated rings. The average Bonchev–Trinajstić information content (AvgIpc) is 2.52. The largest absolute Gasteiger partial charge is 0.360 e. The molecule has 0 saturated carbocycles. The minimum absolute atomic E-state index is 0.0972. The van der Waals surface area contributed by atoms with Gasteiger partial charge in [-0.25, -0.2) is 8.42 Å². The van der Waals surface area contributed by atoms with Crippen molar-refractivity contribution in [2.24, 2.45) is 0 Å². The Hall–Kier alpha value is -0.550. The quantitative estimate of drug-likeness (QED) is 0.702. The number of hydrogen-bond donors (Lipinski definition) is 0. The lowest BCUT2D eigenvalue weighted by Gasteiger charge is -1.95. The lowest BCUT2D eigenvalue weighted by molar-refractivity contribution is 0.383. The summed E-state index contributed by atoms with van der Waals surface area (Å²) in [6.45, 7) is 1.79. The Morgan fingerprint density at radius 3 is 2.83 bits per heavy atom. The molecule has 1 rings (SSSR count). The second kappa shape index (κ2) is 3.45. The summed E-state index contributed by atoms with van der Waals surface area (Å²) in [4.78, 5) is 0.0972. The normalized spacial score (nSPS) is 11.8. The molecule has 0 aliphatic heterocycles. The Balaban J connectivity index is 3.19. The van der Waals surface area contributed by atoms with E-state index in [1.165, 1.54) is 6.20 Å². The third kappa shape index (κ3) is 1.61. The third-order valence-electron chi connectivity index (χ3n) is 1.41. The van der Waals surface area contributed by atoms with E-state index >= 15 is 0 Å². The van der Waals surface area contributed by atoms with Gasteiger partial charge in [-0.3, -0.25) is 0 Å². The molecule has 4 nitrogen and oxygen atoms in total. The molecule has 6 heteroatoms. The minimum Gasteiger partial charge on any atom is -0.360 e. The SMILES string of the molecule is CCc1oncc1S(=O)(=O)CCl. The fourth-order valence-corrected chi connectivity index (χ4v) is 2.01. The van der Waals surface area contributed by atoms with Gasteiger partial charge < -0.3 is 4.52 Å². The molecule has 0 aromatic carbocycles. The summed E-state index contributed by atoms with van der Waals surface area (Å²) in [7, 11) is -3.39. The number of hydrogen-bond acceptors (Lipinski definition) is 4. The second-order valence-corrected chi connectivity index (χ2v) is 4.73. The van der Waals surface area contributed by atoms with Crippen molar-refractivity contribution in [3.8, 4) is 0 Å². The van der Waals surface area contributed by atoms with Crippen LogP contribution in [0.25, 0.3) is 0 Å². The summed E-state index contributed by atoms with van der Waals surface area (Å²) in [6, 6.07) is 0. The summed E-state index contributed by atoms with van der Waals surface area (Å²) in [5.74, 6) is 0.357. The van der Waals surface area contributed by atoms with Crippen molar-refractivity contribution in [3.05, 3.63) is 12.0 Å². The maximum absolute atomic E-state index is 11.2. The number of alkyl halides is 1. The first-order valence-electron chi connectivity index (χ1n) is 3.34. The summed E-state index contributed by atoms with van der Waals surface area (Å²) in [5.41, 5.74) is 0. The lowest BCUT2D eigenvalue weighted by Crippen LogP contribution is -2.02. The van der Waals surface area contributed by atoms with E-state index in [4.69, 9.17) is 16.1 Å². The van der Waals surface area contributed by atoms with Gasteiger partial charge in [-0.1, -0.05) is 12.1 Å². The maximum atomic E-state index is 11.2. The van der Waals surface area contributed by atoms with Gasteiger partial charge in [-0.05, 0) is 0 Å². The number of nitrogens with zero attached hydrogens (tertiary/aromatic N) is 1. The van der Waals surface area contributed by atoms with E-state index in [0.29, 0.717) is 12.2 Å². The molecule has 0 N–H and O–H groups in total. The summed E-state index contributed by atoms with van der Waals surface area (Å²) in [6.07, 6.45) is 1.67. The second-order valence-electron chi connectivity index (χ2n) is 2.19. The molecule has 1 aromatic heterocycles. The van der Waals surface area contributed by atoms with Gasteiger partial charge in [0.2, 0.25) is 0 Å². The van der Waals surface area contributed by atoms with Crippen molar-refractivity contribution < 1.29 is 12.9 Å². The first-order chi connectivity index (χ1) is 5.61. The Morgan fingerprint density at radius 2 is 2.33 bits per heavy atom. The van der Waals surface area contributed by atoms with E-state index < -0.39 is 15.0 Å². The van der Waals surface area contributed by atoms with Crippen LogP contribution in [0.15, 0.2) is 15.6 Å². The number of sulfone groups is 1. The van der Waals surface area contributed by atoms with Crippen molar-refractivity contribution in [3.63, 3.8) is 0 Å². The van der Waals surface area contributed by atoms with Crippen molar-refractivity contribution >= 4 is 21.4 Å². The highest BCUT2D eigenvalue weighted by molar-refractivity contribution is 7.92. The van der Waals surface area contributed by atoms with Crippen LogP contribution in [0.4, 0.5) is 0 Å². The molecule has 68 valence electrons. The van der Waals surface area contributed by atoms with Crippen LogP contribution in [-0.2, 0) is 16.3 Å². The molecular formula is C6H8ClNO3S. The molecule has 0 spiro atoms. The highest BCUT2D eigenvalue weighted by atomic mass is 35.5. The van der Waals surface area contributed by atoms with Crippen molar-refractivity contribution in [2.45, 2.75) is 18.2 Å². The fraction of sp³-hybridized carbons (Fsp3) is 0.500. The van der Waals surface area contributed by atoms with E-state index in [9.17, 15) is 8.42 Å². The zero-order valence-corrected chi connectivity index (χ0v) is 8.02. The Bertz CT molecular complexity index is 357. The first-order valence-corrected chi connectivity index (χ1v) is 5.52. The zero-order chi connectivity index (χ0) is 9.19. The average molecular weight is 210 g/mol. The fourth-order valence-electron chi connectivity index (χ4n) is 0.806. The maximum Gasteiger partial charge on any atom is 0.197 e. The summed E-state index contributed by atoms with van der Waals surface area (Å²) >= 11 is 5.26. The Morgan fingerprint density at radius 1 is 1.67 bits per heavy atom. The molecule has 0 bridgehead atoms. The van der Waals surface area contributed by atoms with Crippen molar-refractivity contribution in [1.29, 1.82) is 0 Å². The van der Waals surface area contributed by atoms with Crippen LogP contribution in [0, 0.1) is 0 Å². The van der Waals surface area contributed by atoms with E-state index in [0.717, 1.165) is 0 Å². The van der Waals surface area contributed by atoms with Gasteiger partial charge >= 0.3 is 0 Å². The van der Waals surface area contributed by atoms with E-state index in [1.54, 1.807) is 6.92 Å². The smallest absolute Gasteiger partial charge is 0.197 e. The van der Waals surface area contributed by atoms with Crippen LogP contribution in [-0.4, -0.2) is 18.8 Å². The van der Waals surface area contributed by atoms with E-state index in [2.05, 4.69) is 5.16 Å². The van der Waals surface area contributed by atoms with Crippen LogP contribution in [0.1, 0.15) is 12.7 Å². The van der Waals surface area contributed by atoms with Gasteiger partial charge in [-0.15, -0.1) is 11.6 Å². The highest BCUT2D eigenvalue weighted by Gasteiger charge is 2.20. The van der Waals surface area contributed by atoms with E-state index in [-0.39, 0.29) is 4.90 Å². The Labute approximate surface area is 75.4 Å². The van der Waals surface area contributed by atoms with Gasteiger partial charge in [0.15, 0.2) is 15.6 Å². The third-order valence-corrected chi connectivity index (χ3v) is 3.56. The molecule has 0 unspecified atom stereocenters.